The quantitative estimate of drug-likeness (QED) is 0.867. The molecule has 17 heavy (non-hydrogen) atoms. The van der Waals surface area contributed by atoms with Crippen LogP contribution in [-0.4, -0.2) is 35.6 Å². The van der Waals surface area contributed by atoms with E-state index in [2.05, 4.69) is 0 Å². The first-order valence-corrected chi connectivity index (χ1v) is 5.86. The van der Waals surface area contributed by atoms with Crippen molar-refractivity contribution in [2.24, 2.45) is 0 Å². The van der Waals surface area contributed by atoms with Crippen molar-refractivity contribution in [2.75, 3.05) is 19.7 Å². The summed E-state index contributed by atoms with van der Waals surface area (Å²) in [6, 6.07) is 4.97. The van der Waals surface area contributed by atoms with Gasteiger partial charge in [-0.15, -0.1) is 0 Å². The molecular weight excluding hydrogens is 218 g/mol. The van der Waals surface area contributed by atoms with Gasteiger partial charge in [-0.25, -0.2) is 0 Å². The molecule has 0 spiro atoms. The largest absolute Gasteiger partial charge is 0.508 e. The fourth-order valence-corrected chi connectivity index (χ4v) is 2.01. The Balaban J connectivity index is 1.90. The van der Waals surface area contributed by atoms with E-state index in [4.69, 9.17) is 4.74 Å². The van der Waals surface area contributed by atoms with E-state index in [-0.39, 0.29) is 18.3 Å². The molecule has 0 bridgehead atoms. The van der Waals surface area contributed by atoms with Gasteiger partial charge in [0.25, 0.3) is 5.91 Å². The summed E-state index contributed by atoms with van der Waals surface area (Å²) in [5.41, 5.74) is 0.911. The summed E-state index contributed by atoms with van der Waals surface area (Å²) in [5.74, 6) is 0.715. The average Bonchev–Trinajstić information content (AvgIpc) is 2.78. The lowest BCUT2D eigenvalue weighted by molar-refractivity contribution is -0.132. The van der Waals surface area contributed by atoms with Gasteiger partial charge in [0, 0.05) is 19.2 Å². The van der Waals surface area contributed by atoms with E-state index < -0.39 is 0 Å². The van der Waals surface area contributed by atoms with Crippen molar-refractivity contribution in [3.8, 4) is 11.5 Å². The number of hydrogen-bond donors (Lipinski definition) is 1. The zero-order chi connectivity index (χ0) is 12.3. The minimum atomic E-state index is 0.0171. The highest BCUT2D eigenvalue weighted by atomic mass is 16.5. The topological polar surface area (TPSA) is 49.8 Å². The maximum absolute atomic E-state index is 11.7. The Morgan fingerprint density at radius 3 is 2.71 bits per heavy atom. The molecule has 0 unspecified atom stereocenters. The van der Waals surface area contributed by atoms with Crippen LogP contribution in [0.1, 0.15) is 18.4 Å². The smallest absolute Gasteiger partial charge is 0.260 e. The molecule has 1 N–H and O–H groups in total. The third-order valence-corrected chi connectivity index (χ3v) is 2.86. The first-order valence-electron chi connectivity index (χ1n) is 5.86. The van der Waals surface area contributed by atoms with Crippen LogP contribution in [0.4, 0.5) is 0 Å². The van der Waals surface area contributed by atoms with Crippen LogP contribution in [0.15, 0.2) is 18.2 Å². The molecule has 2 rings (SSSR count). The van der Waals surface area contributed by atoms with E-state index in [0.29, 0.717) is 5.75 Å². The molecular formula is C13H17NO3. The van der Waals surface area contributed by atoms with Crippen LogP contribution < -0.4 is 4.74 Å². The highest BCUT2D eigenvalue weighted by molar-refractivity contribution is 5.78. The number of aromatic hydroxyl groups is 1. The molecule has 1 aromatic rings. The lowest BCUT2D eigenvalue weighted by Gasteiger charge is -2.15. The van der Waals surface area contributed by atoms with Crippen LogP contribution >= 0.6 is 0 Å². The van der Waals surface area contributed by atoms with Crippen LogP contribution in [-0.2, 0) is 4.79 Å². The van der Waals surface area contributed by atoms with Gasteiger partial charge in [-0.05, 0) is 37.5 Å². The first-order chi connectivity index (χ1) is 8.15. The fraction of sp³-hybridized carbons (Fsp3) is 0.462. The standard InChI is InChI=1S/C13H17NO3/c1-10-6-11(15)8-12(7-10)17-9-13(16)14-4-2-3-5-14/h6-8,15H,2-5,9H2,1H3. The number of carbonyl (C=O) groups is 1. The van der Waals surface area contributed by atoms with E-state index >= 15 is 0 Å². The Hall–Kier alpha value is -1.71. The number of aryl methyl sites for hydroxylation is 1. The third-order valence-electron chi connectivity index (χ3n) is 2.86. The van der Waals surface area contributed by atoms with Crippen LogP contribution in [0, 0.1) is 6.92 Å². The number of amides is 1. The average molecular weight is 235 g/mol. The molecule has 4 nitrogen and oxygen atoms in total. The molecule has 1 saturated heterocycles. The Morgan fingerprint density at radius 2 is 2.06 bits per heavy atom. The van der Waals surface area contributed by atoms with Crippen LogP contribution in [0.3, 0.4) is 0 Å². The second-order valence-corrected chi connectivity index (χ2v) is 4.38. The molecule has 1 heterocycles. The molecule has 1 aliphatic rings. The molecule has 92 valence electrons. The van der Waals surface area contributed by atoms with Crippen LogP contribution in [0.25, 0.3) is 0 Å². The molecule has 0 saturated carbocycles. The van der Waals surface area contributed by atoms with Gasteiger partial charge in [0.2, 0.25) is 0 Å². The summed E-state index contributed by atoms with van der Waals surface area (Å²) in [7, 11) is 0. The SMILES string of the molecule is Cc1cc(O)cc(OCC(=O)N2CCCC2)c1. The number of hydrogen-bond acceptors (Lipinski definition) is 3. The summed E-state index contributed by atoms with van der Waals surface area (Å²) in [5, 5.41) is 9.40. The van der Waals surface area contributed by atoms with Gasteiger partial charge >= 0.3 is 0 Å². The fourth-order valence-electron chi connectivity index (χ4n) is 2.01. The van der Waals surface area contributed by atoms with E-state index in [1.54, 1.807) is 12.1 Å². The summed E-state index contributed by atoms with van der Waals surface area (Å²) in [6.07, 6.45) is 2.16. The van der Waals surface area contributed by atoms with Crippen LogP contribution in [0.5, 0.6) is 11.5 Å². The van der Waals surface area contributed by atoms with Crippen LogP contribution in [0.2, 0.25) is 0 Å². The molecule has 1 amide bonds. The highest BCUT2D eigenvalue weighted by Gasteiger charge is 2.18. The second kappa shape index (κ2) is 5.08. The summed E-state index contributed by atoms with van der Waals surface area (Å²) < 4.78 is 5.39. The number of benzene rings is 1. The number of phenolic OH excluding ortho intramolecular Hbond substituents is 1. The normalized spacial score (nSPS) is 15.0. The number of rotatable bonds is 3. The van der Waals surface area contributed by atoms with Gasteiger partial charge in [0.1, 0.15) is 11.5 Å². The van der Waals surface area contributed by atoms with Gasteiger partial charge in [0.05, 0.1) is 0 Å². The minimum absolute atomic E-state index is 0.0171. The zero-order valence-corrected chi connectivity index (χ0v) is 9.98. The van der Waals surface area contributed by atoms with Gasteiger partial charge in [-0.2, -0.15) is 0 Å². The first kappa shape index (κ1) is 11.8. The Morgan fingerprint density at radius 1 is 1.35 bits per heavy atom. The van der Waals surface area contributed by atoms with Crippen molar-refractivity contribution in [2.45, 2.75) is 19.8 Å². The van der Waals surface area contributed by atoms with Gasteiger partial charge < -0.3 is 14.7 Å². The molecule has 0 atom stereocenters. The lowest BCUT2D eigenvalue weighted by Crippen LogP contribution is -2.32. The van der Waals surface area contributed by atoms with Crippen molar-refractivity contribution in [1.82, 2.24) is 4.90 Å². The molecule has 0 radical (unpaired) electrons. The van der Waals surface area contributed by atoms with E-state index in [1.807, 2.05) is 11.8 Å². The lowest BCUT2D eigenvalue weighted by atomic mass is 10.2. The molecule has 1 fully saturated rings. The molecule has 0 aliphatic carbocycles. The Labute approximate surface area is 101 Å². The van der Waals surface area contributed by atoms with E-state index in [0.717, 1.165) is 31.5 Å². The summed E-state index contributed by atoms with van der Waals surface area (Å²) in [4.78, 5) is 13.5. The third kappa shape index (κ3) is 3.12. The predicted octanol–water partition coefficient (Wildman–Crippen LogP) is 1.70. The van der Waals surface area contributed by atoms with Crippen molar-refractivity contribution in [3.05, 3.63) is 23.8 Å². The maximum Gasteiger partial charge on any atom is 0.260 e. The second-order valence-electron chi connectivity index (χ2n) is 4.38. The highest BCUT2D eigenvalue weighted by Crippen LogP contribution is 2.21. The number of carbonyl (C=O) groups excluding carboxylic acids is 1. The van der Waals surface area contributed by atoms with Gasteiger partial charge in [0.15, 0.2) is 6.61 Å². The van der Waals surface area contributed by atoms with Crippen molar-refractivity contribution in [3.63, 3.8) is 0 Å². The number of nitrogens with zero attached hydrogens (tertiary/aromatic N) is 1. The zero-order valence-electron chi connectivity index (χ0n) is 9.98. The number of phenols is 1. The van der Waals surface area contributed by atoms with Gasteiger partial charge in [-0.3, -0.25) is 4.79 Å². The predicted molar refractivity (Wildman–Crippen MR) is 64.2 cm³/mol. The molecule has 1 aromatic carbocycles. The van der Waals surface area contributed by atoms with E-state index in [9.17, 15) is 9.90 Å². The summed E-state index contributed by atoms with van der Waals surface area (Å²) in [6.45, 7) is 3.58. The summed E-state index contributed by atoms with van der Waals surface area (Å²) >= 11 is 0. The number of ether oxygens (including phenoxy) is 1. The molecule has 1 aliphatic heterocycles. The number of likely N-dealkylation sites (tertiary alicyclic amines) is 1. The maximum atomic E-state index is 11.7. The Bertz CT molecular complexity index is 391. The van der Waals surface area contributed by atoms with Crippen molar-refractivity contribution in [1.29, 1.82) is 0 Å². The van der Waals surface area contributed by atoms with Crippen molar-refractivity contribution >= 4 is 5.91 Å². The van der Waals surface area contributed by atoms with E-state index in [1.165, 1.54) is 6.07 Å². The monoisotopic (exact) mass is 235 g/mol. The minimum Gasteiger partial charge on any atom is -0.508 e. The Kier molecular flexibility index (Phi) is 3.52. The molecule has 0 aromatic heterocycles. The van der Waals surface area contributed by atoms with Gasteiger partial charge in [-0.1, -0.05) is 0 Å². The van der Waals surface area contributed by atoms with Crippen molar-refractivity contribution < 1.29 is 14.6 Å². The molecule has 4 heteroatoms.